The number of carbonyl (C=O) groups excluding carboxylic acids is 1. The first-order chi connectivity index (χ1) is 8.76. The highest BCUT2D eigenvalue weighted by Gasteiger charge is 2.01. The van der Waals surface area contributed by atoms with E-state index in [2.05, 4.69) is 24.4 Å². The predicted molar refractivity (Wildman–Crippen MR) is 76.6 cm³/mol. The van der Waals surface area contributed by atoms with E-state index in [-0.39, 0.29) is 5.91 Å². The van der Waals surface area contributed by atoms with Crippen molar-refractivity contribution in [2.75, 3.05) is 11.9 Å². The largest absolute Gasteiger partial charge is 0.330 e. The predicted octanol–water partition coefficient (Wildman–Crippen LogP) is 3.10. The van der Waals surface area contributed by atoms with Crippen molar-refractivity contribution in [3.63, 3.8) is 0 Å². The van der Waals surface area contributed by atoms with Gasteiger partial charge in [-0.1, -0.05) is 25.5 Å². The van der Waals surface area contributed by atoms with E-state index in [1.165, 1.54) is 5.56 Å². The van der Waals surface area contributed by atoms with Crippen LogP contribution in [0.5, 0.6) is 0 Å². The highest BCUT2D eigenvalue weighted by atomic mass is 16.1. The molecule has 0 aliphatic carbocycles. The lowest BCUT2D eigenvalue weighted by Crippen LogP contribution is -2.10. The molecule has 1 amide bonds. The lowest BCUT2D eigenvalue weighted by molar-refractivity contribution is -0.116. The standard InChI is InChI=1S/C15H24N2O/c1-2-3-7-15(18)17-14-10-8-13(9-11-14)6-4-5-12-16/h8-11H,2-7,12,16H2,1H3,(H,17,18). The normalized spacial score (nSPS) is 10.3. The number of unbranched alkanes of at least 4 members (excludes halogenated alkanes) is 2. The number of nitrogens with one attached hydrogen (secondary N) is 1. The summed E-state index contributed by atoms with van der Waals surface area (Å²) in [5.41, 5.74) is 7.65. The maximum Gasteiger partial charge on any atom is 0.224 e. The summed E-state index contributed by atoms with van der Waals surface area (Å²) >= 11 is 0. The summed E-state index contributed by atoms with van der Waals surface area (Å²) < 4.78 is 0. The molecule has 1 rings (SSSR count). The molecular weight excluding hydrogens is 224 g/mol. The van der Waals surface area contributed by atoms with E-state index in [0.29, 0.717) is 6.42 Å². The van der Waals surface area contributed by atoms with Crippen molar-refractivity contribution in [3.8, 4) is 0 Å². The molecule has 1 aromatic rings. The van der Waals surface area contributed by atoms with Gasteiger partial charge in [-0.05, 0) is 49.9 Å². The van der Waals surface area contributed by atoms with Crippen LogP contribution in [0.25, 0.3) is 0 Å². The first kappa shape index (κ1) is 14.7. The first-order valence-corrected chi connectivity index (χ1v) is 6.85. The Bertz CT molecular complexity index is 346. The third kappa shape index (κ3) is 5.82. The van der Waals surface area contributed by atoms with Crippen LogP contribution >= 0.6 is 0 Å². The summed E-state index contributed by atoms with van der Waals surface area (Å²) in [5.74, 6) is 0.104. The van der Waals surface area contributed by atoms with Gasteiger partial charge in [-0.2, -0.15) is 0 Å². The van der Waals surface area contributed by atoms with Gasteiger partial charge in [0.15, 0.2) is 0 Å². The lowest BCUT2D eigenvalue weighted by atomic mass is 10.1. The van der Waals surface area contributed by atoms with Gasteiger partial charge in [0, 0.05) is 12.1 Å². The van der Waals surface area contributed by atoms with Crippen LogP contribution in [-0.2, 0) is 11.2 Å². The minimum atomic E-state index is 0.104. The molecule has 0 saturated heterocycles. The van der Waals surface area contributed by atoms with E-state index in [9.17, 15) is 4.79 Å². The Hall–Kier alpha value is -1.35. The molecule has 0 fully saturated rings. The van der Waals surface area contributed by atoms with Crippen molar-refractivity contribution in [1.82, 2.24) is 0 Å². The molecule has 0 aliphatic rings. The third-order valence-corrected chi connectivity index (χ3v) is 2.91. The molecule has 0 aliphatic heterocycles. The summed E-state index contributed by atoms with van der Waals surface area (Å²) in [7, 11) is 0. The molecule has 0 unspecified atom stereocenters. The van der Waals surface area contributed by atoms with Gasteiger partial charge in [0.05, 0.1) is 0 Å². The zero-order valence-electron chi connectivity index (χ0n) is 11.2. The Morgan fingerprint density at radius 2 is 1.89 bits per heavy atom. The van der Waals surface area contributed by atoms with Crippen LogP contribution in [0.2, 0.25) is 0 Å². The third-order valence-electron chi connectivity index (χ3n) is 2.91. The van der Waals surface area contributed by atoms with Crippen LogP contribution in [0, 0.1) is 0 Å². The fourth-order valence-corrected chi connectivity index (χ4v) is 1.79. The van der Waals surface area contributed by atoms with Gasteiger partial charge in [0.1, 0.15) is 0 Å². The molecule has 3 heteroatoms. The highest BCUT2D eigenvalue weighted by molar-refractivity contribution is 5.90. The molecule has 0 bridgehead atoms. The molecule has 0 saturated carbocycles. The monoisotopic (exact) mass is 248 g/mol. The Morgan fingerprint density at radius 1 is 1.17 bits per heavy atom. The van der Waals surface area contributed by atoms with E-state index in [0.717, 1.165) is 44.3 Å². The zero-order valence-corrected chi connectivity index (χ0v) is 11.2. The molecule has 0 heterocycles. The van der Waals surface area contributed by atoms with Gasteiger partial charge in [-0.25, -0.2) is 0 Å². The molecule has 0 atom stereocenters. The number of carbonyl (C=O) groups is 1. The second-order valence-corrected chi connectivity index (χ2v) is 4.59. The average Bonchev–Trinajstić information content (AvgIpc) is 2.39. The molecule has 1 aromatic carbocycles. The first-order valence-electron chi connectivity index (χ1n) is 6.85. The number of nitrogens with two attached hydrogens (primary N) is 1. The molecule has 3 nitrogen and oxygen atoms in total. The van der Waals surface area contributed by atoms with E-state index in [1.807, 2.05) is 12.1 Å². The van der Waals surface area contributed by atoms with E-state index in [1.54, 1.807) is 0 Å². The van der Waals surface area contributed by atoms with Gasteiger partial charge < -0.3 is 11.1 Å². The minimum Gasteiger partial charge on any atom is -0.330 e. The smallest absolute Gasteiger partial charge is 0.224 e. The quantitative estimate of drug-likeness (QED) is 0.695. The van der Waals surface area contributed by atoms with Crippen molar-refractivity contribution in [1.29, 1.82) is 0 Å². The van der Waals surface area contributed by atoms with Gasteiger partial charge >= 0.3 is 0 Å². The number of benzene rings is 1. The highest BCUT2D eigenvalue weighted by Crippen LogP contribution is 2.12. The second kappa shape index (κ2) is 8.70. The Balaban J connectivity index is 2.37. The van der Waals surface area contributed by atoms with Crippen molar-refractivity contribution in [2.45, 2.75) is 45.4 Å². The number of amides is 1. The molecule has 0 radical (unpaired) electrons. The van der Waals surface area contributed by atoms with Crippen LogP contribution in [0.3, 0.4) is 0 Å². The van der Waals surface area contributed by atoms with E-state index in [4.69, 9.17) is 5.73 Å². The number of hydrogen-bond donors (Lipinski definition) is 2. The van der Waals surface area contributed by atoms with Crippen LogP contribution < -0.4 is 11.1 Å². The van der Waals surface area contributed by atoms with Crippen LogP contribution in [0.15, 0.2) is 24.3 Å². The number of rotatable bonds is 8. The van der Waals surface area contributed by atoms with Crippen molar-refractivity contribution < 1.29 is 4.79 Å². The number of hydrogen-bond acceptors (Lipinski definition) is 2. The molecule has 0 aromatic heterocycles. The molecule has 100 valence electrons. The van der Waals surface area contributed by atoms with Gasteiger partial charge in [0.2, 0.25) is 5.91 Å². The minimum absolute atomic E-state index is 0.104. The number of anilines is 1. The molecular formula is C15H24N2O. The number of aryl methyl sites for hydroxylation is 1. The van der Waals surface area contributed by atoms with Crippen molar-refractivity contribution >= 4 is 11.6 Å². The maximum absolute atomic E-state index is 11.5. The Labute approximate surface area is 110 Å². The van der Waals surface area contributed by atoms with Crippen molar-refractivity contribution in [3.05, 3.63) is 29.8 Å². The fraction of sp³-hybridized carbons (Fsp3) is 0.533. The lowest BCUT2D eigenvalue weighted by Gasteiger charge is -2.06. The fourth-order valence-electron chi connectivity index (χ4n) is 1.79. The molecule has 18 heavy (non-hydrogen) atoms. The second-order valence-electron chi connectivity index (χ2n) is 4.59. The summed E-state index contributed by atoms with van der Waals surface area (Å²) in [6, 6.07) is 8.10. The van der Waals surface area contributed by atoms with E-state index >= 15 is 0 Å². The SMILES string of the molecule is CCCCC(=O)Nc1ccc(CCCCN)cc1. The van der Waals surface area contributed by atoms with E-state index < -0.39 is 0 Å². The maximum atomic E-state index is 11.5. The molecule has 3 N–H and O–H groups in total. The molecule has 0 spiro atoms. The van der Waals surface area contributed by atoms with Crippen LogP contribution in [0.1, 0.15) is 44.6 Å². The van der Waals surface area contributed by atoms with Gasteiger partial charge in [0.25, 0.3) is 0 Å². The Morgan fingerprint density at radius 3 is 2.50 bits per heavy atom. The summed E-state index contributed by atoms with van der Waals surface area (Å²) in [6.07, 6.45) is 5.85. The van der Waals surface area contributed by atoms with Crippen LogP contribution in [-0.4, -0.2) is 12.5 Å². The summed E-state index contributed by atoms with van der Waals surface area (Å²) in [6.45, 7) is 2.84. The summed E-state index contributed by atoms with van der Waals surface area (Å²) in [5, 5.41) is 2.91. The van der Waals surface area contributed by atoms with Gasteiger partial charge in [-0.3, -0.25) is 4.79 Å². The zero-order chi connectivity index (χ0) is 13.2. The average molecular weight is 248 g/mol. The van der Waals surface area contributed by atoms with Gasteiger partial charge in [-0.15, -0.1) is 0 Å². The van der Waals surface area contributed by atoms with Crippen molar-refractivity contribution in [2.24, 2.45) is 5.73 Å². The summed E-state index contributed by atoms with van der Waals surface area (Å²) in [4.78, 5) is 11.5. The van der Waals surface area contributed by atoms with Crippen LogP contribution in [0.4, 0.5) is 5.69 Å². The Kier molecular flexibility index (Phi) is 7.11. The topological polar surface area (TPSA) is 55.1 Å².